The third-order valence-corrected chi connectivity index (χ3v) is 6.82. The van der Waals surface area contributed by atoms with Crippen LogP contribution in [0.2, 0.25) is 0 Å². The number of nitrogens with zero attached hydrogens (tertiary/aromatic N) is 5. The molecule has 3 aromatic rings. The highest BCUT2D eigenvalue weighted by atomic mass is 32.2. The molecule has 1 atom stereocenters. The number of nitrogens with one attached hydrogen (secondary N) is 1. The lowest BCUT2D eigenvalue weighted by molar-refractivity contribution is -0.118. The fraction of sp³-hybridized carbons (Fsp3) is 0.167. The smallest absolute Gasteiger partial charge is 0.239 e. The molecular weight excluding hydrogens is 412 g/mol. The summed E-state index contributed by atoms with van der Waals surface area (Å²) in [6, 6.07) is 9.89. The Labute approximate surface area is 174 Å². The molecule has 0 radical (unpaired) electrons. The maximum Gasteiger partial charge on any atom is 0.239 e. The Balaban J connectivity index is 1.71. The van der Waals surface area contributed by atoms with Gasteiger partial charge >= 0.3 is 0 Å². The van der Waals surface area contributed by atoms with E-state index in [-0.39, 0.29) is 11.2 Å². The van der Waals surface area contributed by atoms with E-state index in [1.54, 1.807) is 22.5 Å². The third kappa shape index (κ3) is 3.89. The molecular formula is C18H16N6OS3. The normalized spacial score (nSPS) is 18.4. The Morgan fingerprint density at radius 3 is 2.93 bits per heavy atom. The summed E-state index contributed by atoms with van der Waals surface area (Å²) in [7, 11) is 0. The highest BCUT2D eigenvalue weighted by molar-refractivity contribution is 8.15. The zero-order chi connectivity index (χ0) is 19.5. The van der Waals surface area contributed by atoms with Crippen molar-refractivity contribution >= 4 is 57.1 Å². The summed E-state index contributed by atoms with van der Waals surface area (Å²) in [5, 5.41) is 16.0. The summed E-state index contributed by atoms with van der Waals surface area (Å²) in [4.78, 5) is 17.1. The van der Waals surface area contributed by atoms with Crippen LogP contribution in [0.15, 0.2) is 57.5 Å². The van der Waals surface area contributed by atoms with Crippen LogP contribution in [0.25, 0.3) is 16.2 Å². The van der Waals surface area contributed by atoms with Gasteiger partial charge in [0.15, 0.2) is 9.51 Å². The first-order valence-corrected chi connectivity index (χ1v) is 11.1. The van der Waals surface area contributed by atoms with Crippen LogP contribution in [-0.2, 0) is 4.79 Å². The zero-order valence-corrected chi connectivity index (χ0v) is 17.4. The molecule has 1 N–H and O–H groups in total. The van der Waals surface area contributed by atoms with Crippen molar-refractivity contribution in [1.29, 1.82) is 0 Å². The number of fused-ring (bicyclic) bond motifs is 1. The minimum Gasteiger partial charge on any atom is -0.303 e. The molecule has 0 aliphatic carbocycles. The second-order valence-electron chi connectivity index (χ2n) is 5.77. The van der Waals surface area contributed by atoms with Gasteiger partial charge in [0.05, 0.1) is 11.5 Å². The van der Waals surface area contributed by atoms with Crippen LogP contribution in [0, 0.1) is 0 Å². The molecule has 1 unspecified atom stereocenters. The van der Waals surface area contributed by atoms with Gasteiger partial charge in [0, 0.05) is 11.3 Å². The largest absolute Gasteiger partial charge is 0.303 e. The fourth-order valence-electron chi connectivity index (χ4n) is 2.50. The van der Waals surface area contributed by atoms with E-state index < -0.39 is 0 Å². The average Bonchev–Trinajstić information content (AvgIpc) is 3.34. The summed E-state index contributed by atoms with van der Waals surface area (Å²) in [5.74, 6) is 0.730. The number of carbonyl (C=O) groups is 1. The molecule has 1 aliphatic rings. The minimum absolute atomic E-state index is 0.0564. The number of aromatic nitrogens is 3. The molecule has 1 aromatic carbocycles. The van der Waals surface area contributed by atoms with Gasteiger partial charge < -0.3 is 5.32 Å². The van der Waals surface area contributed by atoms with Crippen molar-refractivity contribution < 1.29 is 4.79 Å². The third-order valence-electron chi connectivity index (χ3n) is 3.81. The van der Waals surface area contributed by atoms with Gasteiger partial charge in [-0.1, -0.05) is 71.3 Å². The molecule has 7 nitrogen and oxygen atoms in total. The lowest BCUT2D eigenvalue weighted by atomic mass is 10.1. The topological polar surface area (TPSA) is 84.0 Å². The summed E-state index contributed by atoms with van der Waals surface area (Å²) in [5.41, 5.74) is 2.52. The molecule has 142 valence electrons. The van der Waals surface area contributed by atoms with Crippen molar-refractivity contribution in [3.63, 3.8) is 0 Å². The molecule has 3 heterocycles. The first kappa shape index (κ1) is 18.9. The van der Waals surface area contributed by atoms with E-state index >= 15 is 0 Å². The van der Waals surface area contributed by atoms with E-state index in [0.717, 1.165) is 32.0 Å². The van der Waals surface area contributed by atoms with Gasteiger partial charge in [-0.2, -0.15) is 5.10 Å². The molecule has 10 heteroatoms. The van der Waals surface area contributed by atoms with Crippen LogP contribution in [0.4, 0.5) is 0 Å². The van der Waals surface area contributed by atoms with Gasteiger partial charge in [-0.3, -0.25) is 4.79 Å². The molecule has 1 saturated heterocycles. The molecule has 2 aromatic heterocycles. The van der Waals surface area contributed by atoms with E-state index in [0.29, 0.717) is 5.17 Å². The molecule has 0 saturated carbocycles. The molecule has 1 aliphatic heterocycles. The number of hydrogen-bond donors (Lipinski definition) is 1. The van der Waals surface area contributed by atoms with Gasteiger partial charge in [0.1, 0.15) is 11.4 Å². The minimum atomic E-state index is -0.154. The van der Waals surface area contributed by atoms with E-state index in [4.69, 9.17) is 4.98 Å². The number of hydrogen-bond acceptors (Lipinski definition) is 8. The molecule has 28 heavy (non-hydrogen) atoms. The summed E-state index contributed by atoms with van der Waals surface area (Å²) < 4.78 is 2.70. The van der Waals surface area contributed by atoms with Gasteiger partial charge in [-0.05, 0) is 6.92 Å². The molecule has 0 spiro atoms. The number of carbonyl (C=O) groups excluding carboxylic acids is 1. The Morgan fingerprint density at radius 1 is 1.39 bits per heavy atom. The molecule has 1 amide bonds. The molecule has 0 bridgehead atoms. The van der Waals surface area contributed by atoms with E-state index in [1.807, 2.05) is 43.3 Å². The van der Waals surface area contributed by atoms with Crippen LogP contribution in [0.1, 0.15) is 12.6 Å². The van der Waals surface area contributed by atoms with Gasteiger partial charge in [0.2, 0.25) is 10.9 Å². The Bertz CT molecular complexity index is 1090. The number of amidine groups is 1. The lowest BCUT2D eigenvalue weighted by Crippen LogP contribution is -2.23. The van der Waals surface area contributed by atoms with Crippen molar-refractivity contribution in [2.45, 2.75) is 16.5 Å². The number of amides is 1. The number of imidazole rings is 1. The molecule has 1 fully saturated rings. The number of rotatable bonds is 6. The summed E-state index contributed by atoms with van der Waals surface area (Å²) in [6.45, 7) is 5.57. The van der Waals surface area contributed by atoms with Gasteiger partial charge in [-0.15, -0.1) is 16.8 Å². The first-order chi connectivity index (χ1) is 13.7. The maximum absolute atomic E-state index is 11.6. The molecule has 4 rings (SSSR count). The quantitative estimate of drug-likeness (QED) is 0.280. The number of benzene rings is 1. The van der Waals surface area contributed by atoms with Crippen LogP contribution in [0.5, 0.6) is 0 Å². The standard InChI is InChI=1S/C18H16N6OS3/c1-3-9-26-18-23-24-13(10-19-22-16-21-15(25)11(2)27-16)14(20-17(24)28-18)12-7-5-4-6-8-12/h3-8,10-11H,1,9H2,2H3,(H,21,22,25)/b19-10+. The van der Waals surface area contributed by atoms with Crippen molar-refractivity contribution in [3.8, 4) is 11.3 Å². The SMILES string of the molecule is C=CCSc1nn2c(/C=N/N=C3/NC(=O)C(C)S3)c(-c3ccccc3)nc2s1. The second kappa shape index (κ2) is 8.29. The highest BCUT2D eigenvalue weighted by Gasteiger charge is 2.25. The Kier molecular flexibility index (Phi) is 5.60. The van der Waals surface area contributed by atoms with E-state index in [9.17, 15) is 4.79 Å². The Hall–Kier alpha value is -2.43. The van der Waals surface area contributed by atoms with Crippen molar-refractivity contribution in [3.05, 3.63) is 48.7 Å². The summed E-state index contributed by atoms with van der Waals surface area (Å²) >= 11 is 4.49. The summed E-state index contributed by atoms with van der Waals surface area (Å²) in [6.07, 6.45) is 3.48. The average molecular weight is 429 g/mol. The predicted octanol–water partition coefficient (Wildman–Crippen LogP) is 3.68. The van der Waals surface area contributed by atoms with Crippen LogP contribution >= 0.6 is 34.9 Å². The lowest BCUT2D eigenvalue weighted by Gasteiger charge is -1.98. The van der Waals surface area contributed by atoms with Crippen LogP contribution < -0.4 is 5.32 Å². The zero-order valence-electron chi connectivity index (χ0n) is 14.9. The fourth-order valence-corrected chi connectivity index (χ4v) is 4.96. The van der Waals surface area contributed by atoms with Crippen molar-refractivity contribution in [2.75, 3.05) is 5.75 Å². The Morgan fingerprint density at radius 2 is 2.21 bits per heavy atom. The van der Waals surface area contributed by atoms with Crippen LogP contribution in [0.3, 0.4) is 0 Å². The van der Waals surface area contributed by atoms with Crippen molar-refractivity contribution in [1.82, 2.24) is 19.9 Å². The maximum atomic E-state index is 11.6. The monoisotopic (exact) mass is 428 g/mol. The first-order valence-electron chi connectivity index (χ1n) is 8.43. The highest BCUT2D eigenvalue weighted by Crippen LogP contribution is 2.30. The van der Waals surface area contributed by atoms with E-state index in [1.165, 1.54) is 23.1 Å². The van der Waals surface area contributed by atoms with Gasteiger partial charge in [0.25, 0.3) is 0 Å². The van der Waals surface area contributed by atoms with Crippen molar-refractivity contribution in [2.24, 2.45) is 10.2 Å². The second-order valence-corrected chi connectivity index (χ2v) is 9.33. The number of thioether (sulfide) groups is 2. The van der Waals surface area contributed by atoms with Gasteiger partial charge in [-0.25, -0.2) is 9.50 Å². The predicted molar refractivity (Wildman–Crippen MR) is 117 cm³/mol. The van der Waals surface area contributed by atoms with E-state index in [2.05, 4.69) is 27.2 Å². The van der Waals surface area contributed by atoms with Crippen LogP contribution in [-0.4, -0.2) is 42.9 Å².